The van der Waals surface area contributed by atoms with Gasteiger partial charge in [0.25, 0.3) is 0 Å². The Hall–Kier alpha value is -3.14. The summed E-state index contributed by atoms with van der Waals surface area (Å²) >= 11 is 1.19. The number of urea groups is 1. The molecule has 0 spiro atoms. The van der Waals surface area contributed by atoms with Gasteiger partial charge >= 0.3 is 18.0 Å². The molecule has 9 nitrogen and oxygen atoms in total. The van der Waals surface area contributed by atoms with Crippen LogP contribution >= 0.6 is 11.8 Å². The number of carbonyl (C=O) groups is 3. The minimum Gasteiger partial charge on any atom is -0.463 e. The molecule has 1 aliphatic rings. The molecule has 0 radical (unpaired) electrons. The van der Waals surface area contributed by atoms with Gasteiger partial charge in [-0.25, -0.2) is 14.6 Å². The Morgan fingerprint density at radius 1 is 1.21 bits per heavy atom. The Kier molecular flexibility index (Phi) is 6.43. The largest absolute Gasteiger partial charge is 0.463 e. The summed E-state index contributed by atoms with van der Waals surface area (Å²) in [5.41, 5.74) is 1.95. The molecule has 0 unspecified atom stereocenters. The van der Waals surface area contributed by atoms with Crippen LogP contribution in [0.25, 0.3) is 11.0 Å². The van der Waals surface area contributed by atoms with Gasteiger partial charge in [0, 0.05) is 0 Å². The van der Waals surface area contributed by atoms with Gasteiger partial charge in [0.05, 0.1) is 47.4 Å². The summed E-state index contributed by atoms with van der Waals surface area (Å²) in [6, 6.07) is 6.96. The molecule has 146 valence electrons. The van der Waals surface area contributed by atoms with Crippen LogP contribution in [0.1, 0.15) is 6.92 Å². The van der Waals surface area contributed by atoms with Gasteiger partial charge in [0.2, 0.25) is 0 Å². The van der Waals surface area contributed by atoms with Gasteiger partial charge in [-0.2, -0.15) is 0 Å². The predicted molar refractivity (Wildman–Crippen MR) is 101 cm³/mol. The number of esters is 2. The van der Waals surface area contributed by atoms with E-state index in [0.29, 0.717) is 5.03 Å². The number of nitrogens with zero attached hydrogens (tertiary/aromatic N) is 2. The van der Waals surface area contributed by atoms with Crippen LogP contribution in [0.3, 0.4) is 0 Å². The zero-order chi connectivity index (χ0) is 19.9. The minimum absolute atomic E-state index is 0.0129. The monoisotopic (exact) mass is 402 g/mol. The first kappa shape index (κ1) is 19.6. The first-order chi connectivity index (χ1) is 13.6. The number of aromatic nitrogens is 2. The van der Waals surface area contributed by atoms with Crippen molar-refractivity contribution in [3.8, 4) is 0 Å². The summed E-state index contributed by atoms with van der Waals surface area (Å²) in [4.78, 5) is 44.2. The molecule has 0 fully saturated rings. The molecule has 2 amide bonds. The number of carbonyl (C=O) groups excluding carboxylic acids is 3. The highest BCUT2D eigenvalue weighted by Crippen LogP contribution is 2.18. The number of benzene rings is 1. The van der Waals surface area contributed by atoms with Crippen molar-refractivity contribution in [1.29, 1.82) is 0 Å². The molecule has 2 heterocycles. The van der Waals surface area contributed by atoms with Crippen LogP contribution in [0.2, 0.25) is 0 Å². The van der Waals surface area contributed by atoms with Crippen LogP contribution in [-0.4, -0.2) is 53.4 Å². The van der Waals surface area contributed by atoms with Crippen molar-refractivity contribution in [2.45, 2.75) is 11.9 Å². The van der Waals surface area contributed by atoms with Gasteiger partial charge in [-0.15, -0.1) is 0 Å². The van der Waals surface area contributed by atoms with E-state index in [9.17, 15) is 14.4 Å². The van der Waals surface area contributed by atoms with Crippen LogP contribution in [0, 0.1) is 0 Å². The third-order valence-electron chi connectivity index (χ3n) is 3.72. The molecule has 0 saturated carbocycles. The van der Waals surface area contributed by atoms with Crippen LogP contribution < -0.4 is 10.6 Å². The Balaban J connectivity index is 1.57. The maximum atomic E-state index is 12.0. The predicted octanol–water partition coefficient (Wildman–Crippen LogP) is 1.40. The van der Waals surface area contributed by atoms with E-state index in [1.54, 1.807) is 13.1 Å². The Morgan fingerprint density at radius 3 is 2.79 bits per heavy atom. The average molecular weight is 402 g/mol. The molecule has 2 N–H and O–H groups in total. The SMILES string of the molecule is CCOC(=O)C1=C(COC(=O)CSc2cnc3ccccc3n2)NC(=O)NC1. The smallest absolute Gasteiger partial charge is 0.337 e. The van der Waals surface area contributed by atoms with Gasteiger partial charge < -0.3 is 20.1 Å². The normalized spacial score (nSPS) is 13.7. The lowest BCUT2D eigenvalue weighted by Gasteiger charge is -2.21. The molecule has 2 aromatic rings. The Bertz CT molecular complexity index is 946. The molecule has 0 atom stereocenters. The lowest BCUT2D eigenvalue weighted by atomic mass is 10.2. The molecule has 0 aliphatic carbocycles. The Labute approximate surface area is 164 Å². The molecule has 3 rings (SSSR count). The second kappa shape index (κ2) is 9.18. The van der Waals surface area contributed by atoms with Crippen molar-refractivity contribution in [3.05, 3.63) is 41.7 Å². The highest BCUT2D eigenvalue weighted by atomic mass is 32.2. The molecule has 1 aromatic carbocycles. The number of ether oxygens (including phenoxy) is 2. The Morgan fingerprint density at radius 2 is 2.00 bits per heavy atom. The summed E-state index contributed by atoms with van der Waals surface area (Å²) in [5, 5.41) is 5.55. The summed E-state index contributed by atoms with van der Waals surface area (Å²) in [6.07, 6.45) is 1.59. The number of para-hydroxylation sites is 2. The third kappa shape index (κ3) is 4.97. The minimum atomic E-state index is -0.568. The quantitative estimate of drug-likeness (QED) is 0.527. The van der Waals surface area contributed by atoms with Gasteiger partial charge in [-0.3, -0.25) is 9.78 Å². The van der Waals surface area contributed by atoms with E-state index in [-0.39, 0.29) is 36.8 Å². The highest BCUT2D eigenvalue weighted by Gasteiger charge is 2.24. The molecule has 1 aliphatic heterocycles. The molecular formula is C18H18N4O5S. The van der Waals surface area contributed by atoms with Crippen LogP contribution in [0.5, 0.6) is 0 Å². The second-order valence-electron chi connectivity index (χ2n) is 5.63. The van der Waals surface area contributed by atoms with Crippen LogP contribution in [0.15, 0.2) is 46.8 Å². The zero-order valence-electron chi connectivity index (χ0n) is 15.1. The van der Waals surface area contributed by atoms with Gasteiger partial charge in [0.1, 0.15) is 11.6 Å². The van der Waals surface area contributed by atoms with Crippen molar-refractivity contribution in [2.75, 3.05) is 25.5 Å². The first-order valence-corrected chi connectivity index (χ1v) is 9.49. The fourth-order valence-corrected chi connectivity index (χ4v) is 3.04. The third-order valence-corrected chi connectivity index (χ3v) is 4.59. The maximum Gasteiger partial charge on any atom is 0.337 e. The van der Waals surface area contributed by atoms with Crippen molar-refractivity contribution >= 4 is 40.8 Å². The number of amides is 2. The maximum absolute atomic E-state index is 12.0. The topological polar surface area (TPSA) is 120 Å². The number of hydrogen-bond acceptors (Lipinski definition) is 8. The number of hydrogen-bond donors (Lipinski definition) is 2. The van der Waals surface area contributed by atoms with Crippen LogP contribution in [0.4, 0.5) is 4.79 Å². The van der Waals surface area contributed by atoms with E-state index in [1.807, 2.05) is 24.3 Å². The zero-order valence-corrected chi connectivity index (χ0v) is 15.9. The van der Waals surface area contributed by atoms with Crippen LogP contribution in [-0.2, 0) is 19.1 Å². The number of fused-ring (bicyclic) bond motifs is 1. The van der Waals surface area contributed by atoms with Crippen molar-refractivity contribution in [1.82, 2.24) is 20.6 Å². The van der Waals surface area contributed by atoms with E-state index in [2.05, 4.69) is 20.6 Å². The van der Waals surface area contributed by atoms with E-state index in [1.165, 1.54) is 11.8 Å². The highest BCUT2D eigenvalue weighted by molar-refractivity contribution is 7.99. The standard InChI is InChI=1S/C18H18N4O5S/c1-2-26-17(24)11-7-20-18(25)22-14(11)9-27-16(23)10-28-15-8-19-12-5-3-4-6-13(12)21-15/h3-6,8H,2,7,9-10H2,1H3,(H2,20,22,25). The fraction of sp³-hybridized carbons (Fsp3) is 0.278. The summed E-state index contributed by atoms with van der Waals surface area (Å²) in [5.74, 6) is -1.06. The number of nitrogens with one attached hydrogen (secondary N) is 2. The molecule has 1 aromatic heterocycles. The van der Waals surface area contributed by atoms with Crippen molar-refractivity contribution in [3.63, 3.8) is 0 Å². The van der Waals surface area contributed by atoms with Crippen molar-refractivity contribution < 1.29 is 23.9 Å². The van der Waals surface area contributed by atoms with E-state index >= 15 is 0 Å². The second-order valence-corrected chi connectivity index (χ2v) is 6.63. The fourth-order valence-electron chi connectivity index (χ4n) is 2.41. The van der Waals surface area contributed by atoms with E-state index in [4.69, 9.17) is 9.47 Å². The number of thioether (sulfide) groups is 1. The molecule has 28 heavy (non-hydrogen) atoms. The van der Waals surface area contributed by atoms with Crippen molar-refractivity contribution in [2.24, 2.45) is 0 Å². The lowest BCUT2D eigenvalue weighted by Crippen LogP contribution is -2.45. The number of rotatable bonds is 7. The molecule has 0 bridgehead atoms. The molecule has 10 heteroatoms. The summed E-state index contributed by atoms with van der Waals surface area (Å²) in [6.45, 7) is 1.66. The first-order valence-electron chi connectivity index (χ1n) is 8.51. The van der Waals surface area contributed by atoms with E-state index in [0.717, 1.165) is 11.0 Å². The van der Waals surface area contributed by atoms with Gasteiger partial charge in [-0.05, 0) is 19.1 Å². The molecule has 0 saturated heterocycles. The summed E-state index contributed by atoms with van der Waals surface area (Å²) in [7, 11) is 0. The molecular weight excluding hydrogens is 384 g/mol. The van der Waals surface area contributed by atoms with Gasteiger partial charge in [0.15, 0.2) is 0 Å². The average Bonchev–Trinajstić information content (AvgIpc) is 2.70. The summed E-state index contributed by atoms with van der Waals surface area (Å²) < 4.78 is 10.1. The van der Waals surface area contributed by atoms with Gasteiger partial charge in [-0.1, -0.05) is 23.9 Å². The lowest BCUT2D eigenvalue weighted by molar-refractivity contribution is -0.141. The van der Waals surface area contributed by atoms with E-state index < -0.39 is 18.0 Å².